The number of carbonyl (C=O) groups is 1. The molecule has 5 nitrogen and oxygen atoms in total. The van der Waals surface area contributed by atoms with Gasteiger partial charge in [-0.3, -0.25) is 9.59 Å². The number of carbonyl (C=O) groups excluding carboxylic acids is 1. The van der Waals surface area contributed by atoms with E-state index in [4.69, 9.17) is 0 Å². The lowest BCUT2D eigenvalue weighted by Crippen LogP contribution is -2.27. The smallest absolute Gasteiger partial charge is 0.320 e. The van der Waals surface area contributed by atoms with Crippen molar-refractivity contribution in [3.63, 3.8) is 0 Å². The Bertz CT molecular complexity index is 1100. The third-order valence-corrected chi connectivity index (χ3v) is 4.38. The summed E-state index contributed by atoms with van der Waals surface area (Å²) in [7, 11) is 0. The van der Waals surface area contributed by atoms with Crippen molar-refractivity contribution in [3.8, 4) is 5.69 Å². The molecule has 0 saturated carbocycles. The lowest BCUT2D eigenvalue weighted by atomic mass is 10.1. The van der Waals surface area contributed by atoms with E-state index in [9.17, 15) is 22.8 Å². The highest BCUT2D eigenvalue weighted by molar-refractivity contribution is 6.02. The summed E-state index contributed by atoms with van der Waals surface area (Å²) in [6, 6.07) is 13.0. The van der Waals surface area contributed by atoms with E-state index in [0.717, 1.165) is 28.8 Å². The van der Waals surface area contributed by atoms with Crippen molar-refractivity contribution < 1.29 is 18.0 Å². The molecule has 150 valence electrons. The molecule has 2 aromatic carbocycles. The maximum absolute atomic E-state index is 13.4. The lowest BCUT2D eigenvalue weighted by Gasteiger charge is -2.16. The highest BCUT2D eigenvalue weighted by Crippen LogP contribution is 2.33. The van der Waals surface area contributed by atoms with Gasteiger partial charge in [-0.15, -0.1) is 0 Å². The second-order valence-corrected chi connectivity index (χ2v) is 6.43. The summed E-state index contributed by atoms with van der Waals surface area (Å²) in [6.45, 7) is 3.44. The molecule has 0 bridgehead atoms. The van der Waals surface area contributed by atoms with Crippen molar-refractivity contribution in [2.45, 2.75) is 26.4 Å². The number of nitrogens with zero attached hydrogens (tertiary/aromatic N) is 2. The maximum atomic E-state index is 13.4. The zero-order valence-corrected chi connectivity index (χ0v) is 15.7. The summed E-state index contributed by atoms with van der Waals surface area (Å²) in [5, 5.41) is 6.49. The highest BCUT2D eigenvalue weighted by Gasteiger charge is 2.34. The van der Waals surface area contributed by atoms with Gasteiger partial charge >= 0.3 is 6.18 Å². The summed E-state index contributed by atoms with van der Waals surface area (Å²) in [6.07, 6.45) is -3.78. The highest BCUT2D eigenvalue weighted by atomic mass is 19.4. The Morgan fingerprint density at radius 1 is 1.10 bits per heavy atom. The van der Waals surface area contributed by atoms with Crippen LogP contribution < -0.4 is 10.7 Å². The average Bonchev–Trinajstić information content (AvgIpc) is 2.68. The number of benzene rings is 2. The fraction of sp³-hybridized carbons (Fsp3) is 0.190. The number of aromatic nitrogens is 2. The van der Waals surface area contributed by atoms with Gasteiger partial charge in [0.05, 0.1) is 11.3 Å². The summed E-state index contributed by atoms with van der Waals surface area (Å²) < 4.78 is 41.1. The molecule has 3 aromatic rings. The summed E-state index contributed by atoms with van der Waals surface area (Å²) in [5.74, 6) is -0.794. The first-order valence-electron chi connectivity index (χ1n) is 8.88. The maximum Gasteiger partial charge on any atom is 0.418 e. The average molecular weight is 401 g/mol. The van der Waals surface area contributed by atoms with Crippen LogP contribution in [0.2, 0.25) is 0 Å². The van der Waals surface area contributed by atoms with Gasteiger partial charge in [0, 0.05) is 17.4 Å². The molecule has 1 amide bonds. The summed E-state index contributed by atoms with van der Waals surface area (Å²) >= 11 is 0. The van der Waals surface area contributed by atoms with Crippen molar-refractivity contribution >= 4 is 11.6 Å². The van der Waals surface area contributed by atoms with Crippen LogP contribution in [0.1, 0.15) is 34.2 Å². The van der Waals surface area contributed by atoms with Gasteiger partial charge in [-0.05, 0) is 43.2 Å². The van der Waals surface area contributed by atoms with Gasteiger partial charge in [0.15, 0.2) is 5.69 Å². The number of nitrogens with one attached hydrogen (secondary N) is 1. The molecular formula is C21H18F3N3O2. The van der Waals surface area contributed by atoms with Crippen LogP contribution in [-0.4, -0.2) is 15.7 Å². The van der Waals surface area contributed by atoms with Crippen molar-refractivity contribution in [1.82, 2.24) is 9.78 Å². The number of amides is 1. The zero-order chi connectivity index (χ0) is 21.2. The van der Waals surface area contributed by atoms with Crippen LogP contribution in [0.3, 0.4) is 0 Å². The SMILES string of the molecule is CCc1ccc(NC(=O)c2nn(-c3ccccc3C(F)(F)F)c(C)cc2=O)cc1. The van der Waals surface area contributed by atoms with Crippen molar-refractivity contribution in [2.75, 3.05) is 5.32 Å². The molecule has 0 unspecified atom stereocenters. The molecular weight excluding hydrogens is 383 g/mol. The second kappa shape index (κ2) is 7.90. The number of aryl methyl sites for hydroxylation is 2. The normalized spacial score (nSPS) is 11.3. The Morgan fingerprint density at radius 2 is 1.76 bits per heavy atom. The van der Waals surface area contributed by atoms with Gasteiger partial charge in [0.25, 0.3) is 5.91 Å². The largest absolute Gasteiger partial charge is 0.418 e. The van der Waals surface area contributed by atoms with Crippen LogP contribution >= 0.6 is 0 Å². The number of hydrogen-bond donors (Lipinski definition) is 1. The quantitative estimate of drug-likeness (QED) is 0.706. The van der Waals surface area contributed by atoms with E-state index < -0.39 is 28.8 Å². The molecule has 0 atom stereocenters. The van der Waals surface area contributed by atoms with Crippen molar-refractivity contribution in [1.29, 1.82) is 0 Å². The molecule has 0 fully saturated rings. The molecule has 0 aliphatic rings. The van der Waals surface area contributed by atoms with Crippen LogP contribution in [0.4, 0.5) is 18.9 Å². The first-order valence-corrected chi connectivity index (χ1v) is 8.88. The lowest BCUT2D eigenvalue weighted by molar-refractivity contribution is -0.137. The van der Waals surface area contributed by atoms with E-state index in [1.165, 1.54) is 25.1 Å². The number of para-hydroxylation sites is 1. The monoisotopic (exact) mass is 401 g/mol. The molecule has 3 rings (SSSR count). The fourth-order valence-corrected chi connectivity index (χ4v) is 2.86. The van der Waals surface area contributed by atoms with Crippen LogP contribution in [0.15, 0.2) is 59.4 Å². The van der Waals surface area contributed by atoms with E-state index in [0.29, 0.717) is 5.69 Å². The predicted octanol–water partition coefficient (Wildman–Crippen LogP) is 4.37. The second-order valence-electron chi connectivity index (χ2n) is 6.43. The first kappa shape index (κ1) is 20.3. The van der Waals surface area contributed by atoms with Crippen LogP contribution in [-0.2, 0) is 12.6 Å². The number of halogens is 3. The Morgan fingerprint density at radius 3 is 2.38 bits per heavy atom. The van der Waals surface area contributed by atoms with Gasteiger partial charge in [-0.1, -0.05) is 31.2 Å². The molecule has 1 heterocycles. The van der Waals surface area contributed by atoms with E-state index in [1.54, 1.807) is 12.1 Å². The number of rotatable bonds is 4. The van der Waals surface area contributed by atoms with Crippen molar-refractivity contribution in [3.05, 3.63) is 87.3 Å². The van der Waals surface area contributed by atoms with Crippen LogP contribution in [0, 0.1) is 6.92 Å². The molecule has 1 N–H and O–H groups in total. The summed E-state index contributed by atoms with van der Waals surface area (Å²) in [5.41, 5.74) is -0.646. The van der Waals surface area contributed by atoms with E-state index >= 15 is 0 Å². The topological polar surface area (TPSA) is 64.0 Å². The predicted molar refractivity (Wildman–Crippen MR) is 103 cm³/mol. The molecule has 8 heteroatoms. The van der Waals surface area contributed by atoms with E-state index in [2.05, 4.69) is 10.4 Å². The van der Waals surface area contributed by atoms with Gasteiger partial charge in [-0.25, -0.2) is 4.68 Å². The Hall–Kier alpha value is -3.42. The molecule has 0 aliphatic carbocycles. The molecule has 0 spiro atoms. The fourth-order valence-electron chi connectivity index (χ4n) is 2.86. The van der Waals surface area contributed by atoms with Crippen molar-refractivity contribution in [2.24, 2.45) is 0 Å². The number of alkyl halides is 3. The van der Waals surface area contributed by atoms with Gasteiger partial charge in [0.1, 0.15) is 0 Å². The van der Waals surface area contributed by atoms with E-state index in [-0.39, 0.29) is 11.4 Å². The van der Waals surface area contributed by atoms with E-state index in [1.807, 2.05) is 19.1 Å². The minimum absolute atomic E-state index is 0.176. The van der Waals surface area contributed by atoms with Gasteiger partial charge in [-0.2, -0.15) is 18.3 Å². The van der Waals surface area contributed by atoms with Crippen LogP contribution in [0.25, 0.3) is 5.69 Å². The minimum atomic E-state index is -4.61. The Kier molecular flexibility index (Phi) is 5.54. The molecule has 29 heavy (non-hydrogen) atoms. The third-order valence-electron chi connectivity index (χ3n) is 4.38. The van der Waals surface area contributed by atoms with Gasteiger partial charge in [0.2, 0.25) is 5.43 Å². The minimum Gasteiger partial charge on any atom is -0.320 e. The first-order chi connectivity index (χ1) is 13.7. The molecule has 0 saturated heterocycles. The number of anilines is 1. The molecule has 0 radical (unpaired) electrons. The van der Waals surface area contributed by atoms with Gasteiger partial charge < -0.3 is 5.32 Å². The van der Waals surface area contributed by atoms with Crippen LogP contribution in [0.5, 0.6) is 0 Å². The standard InChI is InChI=1S/C21H18F3N3O2/c1-3-14-8-10-15(11-9-14)25-20(29)19-18(28)12-13(2)27(26-19)17-7-5-4-6-16(17)21(22,23)24/h4-12H,3H2,1-2H3,(H,25,29). The Balaban J connectivity index is 2.02. The summed E-state index contributed by atoms with van der Waals surface area (Å²) in [4.78, 5) is 24.8. The zero-order valence-electron chi connectivity index (χ0n) is 15.7. The third kappa shape index (κ3) is 4.37. The molecule has 1 aromatic heterocycles. The Labute approximate surface area is 164 Å². The number of hydrogen-bond acceptors (Lipinski definition) is 3. The molecule has 0 aliphatic heterocycles.